The second-order valence-corrected chi connectivity index (χ2v) is 4.69. The standard InChI is InChI=1S/C12H20N4O3/c1-8(2)10(11(17)18)14-12(19)13-6-4-9-5-7-16(3)15-9/h5,7-8,10H,4,6H2,1-3H3,(H,17,18)(H2,13,14,19)/t10-/m1/s1. The number of carbonyl (C=O) groups is 2. The molecule has 7 nitrogen and oxygen atoms in total. The van der Waals surface area contributed by atoms with Crippen molar-refractivity contribution < 1.29 is 14.7 Å². The molecule has 0 unspecified atom stereocenters. The van der Waals surface area contributed by atoms with Gasteiger partial charge in [0.2, 0.25) is 0 Å². The van der Waals surface area contributed by atoms with Crippen LogP contribution >= 0.6 is 0 Å². The molecular formula is C12H20N4O3. The van der Waals surface area contributed by atoms with Crippen molar-refractivity contribution in [2.24, 2.45) is 13.0 Å². The van der Waals surface area contributed by atoms with Gasteiger partial charge < -0.3 is 15.7 Å². The first kappa shape index (κ1) is 15.0. The molecule has 1 rings (SSSR count). The summed E-state index contributed by atoms with van der Waals surface area (Å²) in [5.74, 6) is -1.20. The van der Waals surface area contributed by atoms with E-state index in [0.29, 0.717) is 13.0 Å². The third-order valence-electron chi connectivity index (χ3n) is 2.65. The van der Waals surface area contributed by atoms with Gasteiger partial charge in [-0.1, -0.05) is 13.8 Å². The number of rotatable bonds is 6. The van der Waals surface area contributed by atoms with Crippen LogP contribution in [0.3, 0.4) is 0 Å². The number of hydrogen-bond acceptors (Lipinski definition) is 3. The van der Waals surface area contributed by atoms with Gasteiger partial charge in [-0.2, -0.15) is 5.10 Å². The van der Waals surface area contributed by atoms with Crippen LogP contribution in [0, 0.1) is 5.92 Å². The highest BCUT2D eigenvalue weighted by molar-refractivity contribution is 5.82. The second-order valence-electron chi connectivity index (χ2n) is 4.69. The van der Waals surface area contributed by atoms with Gasteiger partial charge in [-0.25, -0.2) is 9.59 Å². The molecule has 106 valence electrons. The number of carboxylic acid groups (broad SMARTS) is 1. The summed E-state index contributed by atoms with van der Waals surface area (Å²) in [4.78, 5) is 22.5. The van der Waals surface area contributed by atoms with Crippen molar-refractivity contribution in [2.75, 3.05) is 6.54 Å². The van der Waals surface area contributed by atoms with Gasteiger partial charge >= 0.3 is 12.0 Å². The minimum absolute atomic E-state index is 0.168. The Morgan fingerprint density at radius 1 is 1.47 bits per heavy atom. The van der Waals surface area contributed by atoms with Crippen molar-refractivity contribution in [2.45, 2.75) is 26.3 Å². The largest absolute Gasteiger partial charge is 0.480 e. The normalized spacial score (nSPS) is 12.2. The number of nitrogens with one attached hydrogen (secondary N) is 2. The lowest BCUT2D eigenvalue weighted by atomic mass is 10.1. The third-order valence-corrected chi connectivity index (χ3v) is 2.65. The Balaban J connectivity index is 2.33. The topological polar surface area (TPSA) is 96.3 Å². The molecule has 0 aromatic carbocycles. The smallest absolute Gasteiger partial charge is 0.326 e. The van der Waals surface area contributed by atoms with E-state index in [4.69, 9.17) is 5.11 Å². The molecule has 0 saturated carbocycles. The molecule has 0 saturated heterocycles. The number of carbonyl (C=O) groups excluding carboxylic acids is 1. The van der Waals surface area contributed by atoms with Gasteiger partial charge in [-0.15, -0.1) is 0 Å². The summed E-state index contributed by atoms with van der Waals surface area (Å²) in [5, 5.41) is 18.2. The summed E-state index contributed by atoms with van der Waals surface area (Å²) in [5.41, 5.74) is 0.876. The number of urea groups is 1. The Labute approximate surface area is 112 Å². The van der Waals surface area contributed by atoms with Gasteiger partial charge in [-0.3, -0.25) is 4.68 Å². The van der Waals surface area contributed by atoms with E-state index in [1.54, 1.807) is 18.5 Å². The minimum atomic E-state index is -1.03. The maximum atomic E-state index is 11.5. The Kier molecular flexibility index (Phi) is 5.35. The monoisotopic (exact) mass is 268 g/mol. The predicted molar refractivity (Wildman–Crippen MR) is 69.7 cm³/mol. The zero-order valence-electron chi connectivity index (χ0n) is 11.4. The van der Waals surface area contributed by atoms with Gasteiger partial charge in [0.1, 0.15) is 6.04 Å². The first-order chi connectivity index (χ1) is 8.90. The molecule has 1 heterocycles. The summed E-state index contributed by atoms with van der Waals surface area (Å²) < 4.78 is 1.69. The molecule has 1 atom stereocenters. The number of hydrogen-bond donors (Lipinski definition) is 3. The van der Waals surface area contributed by atoms with E-state index in [0.717, 1.165) is 5.69 Å². The van der Waals surface area contributed by atoms with Crippen molar-refractivity contribution in [3.63, 3.8) is 0 Å². The van der Waals surface area contributed by atoms with Crippen LogP contribution < -0.4 is 10.6 Å². The number of nitrogens with zero attached hydrogens (tertiary/aromatic N) is 2. The molecule has 0 aliphatic carbocycles. The van der Waals surface area contributed by atoms with E-state index < -0.39 is 18.0 Å². The maximum absolute atomic E-state index is 11.5. The number of aromatic nitrogens is 2. The first-order valence-corrected chi connectivity index (χ1v) is 6.16. The Morgan fingerprint density at radius 2 is 2.16 bits per heavy atom. The van der Waals surface area contributed by atoms with Crippen LogP contribution in [0.25, 0.3) is 0 Å². The van der Waals surface area contributed by atoms with E-state index in [1.807, 2.05) is 19.3 Å². The summed E-state index contributed by atoms with van der Waals surface area (Å²) in [7, 11) is 1.82. The second kappa shape index (κ2) is 6.77. The highest BCUT2D eigenvalue weighted by Gasteiger charge is 2.22. The van der Waals surface area contributed by atoms with E-state index in [9.17, 15) is 9.59 Å². The average Bonchev–Trinajstić information content (AvgIpc) is 2.71. The van der Waals surface area contributed by atoms with Gasteiger partial charge in [0.25, 0.3) is 0 Å². The summed E-state index contributed by atoms with van der Waals surface area (Å²) in [6, 6.07) is 0.514. The van der Waals surface area contributed by atoms with Crippen LogP contribution in [0.5, 0.6) is 0 Å². The lowest BCUT2D eigenvalue weighted by Crippen LogP contribution is -2.48. The number of aryl methyl sites for hydroxylation is 1. The number of aliphatic carboxylic acids is 1. The molecule has 0 aliphatic rings. The van der Waals surface area contributed by atoms with E-state index in [1.165, 1.54) is 0 Å². The van der Waals surface area contributed by atoms with Crippen LogP contribution in [0.4, 0.5) is 4.79 Å². The van der Waals surface area contributed by atoms with Gasteiger partial charge in [0.05, 0.1) is 5.69 Å². The van der Waals surface area contributed by atoms with Crippen LogP contribution in [0.1, 0.15) is 19.5 Å². The van der Waals surface area contributed by atoms with E-state index in [-0.39, 0.29) is 5.92 Å². The van der Waals surface area contributed by atoms with Gasteiger partial charge in [0, 0.05) is 26.2 Å². The molecule has 19 heavy (non-hydrogen) atoms. The first-order valence-electron chi connectivity index (χ1n) is 6.16. The van der Waals surface area contributed by atoms with Crippen LogP contribution in [0.2, 0.25) is 0 Å². The van der Waals surface area contributed by atoms with Crippen molar-refractivity contribution in [1.82, 2.24) is 20.4 Å². The molecule has 2 amide bonds. The van der Waals surface area contributed by atoms with Crippen LogP contribution in [-0.4, -0.2) is 39.5 Å². The fourth-order valence-corrected chi connectivity index (χ4v) is 1.61. The van der Waals surface area contributed by atoms with Crippen molar-refractivity contribution >= 4 is 12.0 Å². The Morgan fingerprint density at radius 3 is 2.63 bits per heavy atom. The molecular weight excluding hydrogens is 248 g/mol. The maximum Gasteiger partial charge on any atom is 0.326 e. The average molecular weight is 268 g/mol. The highest BCUT2D eigenvalue weighted by Crippen LogP contribution is 2.01. The minimum Gasteiger partial charge on any atom is -0.480 e. The van der Waals surface area contributed by atoms with Gasteiger partial charge in [0.15, 0.2) is 0 Å². The predicted octanol–water partition coefficient (Wildman–Crippen LogP) is 0.371. The van der Waals surface area contributed by atoms with Gasteiger partial charge in [-0.05, 0) is 12.0 Å². The SMILES string of the molecule is CC(C)[C@@H](NC(=O)NCCc1ccn(C)n1)C(=O)O. The van der Waals surface area contributed by atoms with Crippen molar-refractivity contribution in [3.8, 4) is 0 Å². The molecule has 1 aromatic heterocycles. The summed E-state index contributed by atoms with van der Waals surface area (Å²) in [6.45, 7) is 3.90. The molecule has 1 aromatic rings. The third kappa shape index (κ3) is 4.99. The lowest BCUT2D eigenvalue weighted by molar-refractivity contribution is -0.140. The molecule has 0 spiro atoms. The fraction of sp³-hybridized carbons (Fsp3) is 0.583. The Hall–Kier alpha value is -2.05. The Bertz CT molecular complexity index is 442. The molecule has 0 radical (unpaired) electrons. The molecule has 0 aliphatic heterocycles. The number of amides is 2. The van der Waals surface area contributed by atoms with Crippen molar-refractivity contribution in [1.29, 1.82) is 0 Å². The highest BCUT2D eigenvalue weighted by atomic mass is 16.4. The molecule has 3 N–H and O–H groups in total. The zero-order chi connectivity index (χ0) is 14.4. The van der Waals surface area contributed by atoms with E-state index in [2.05, 4.69) is 15.7 Å². The quantitative estimate of drug-likeness (QED) is 0.694. The number of carboxylic acids is 1. The summed E-state index contributed by atoms with van der Waals surface area (Å²) in [6.07, 6.45) is 2.43. The van der Waals surface area contributed by atoms with Crippen molar-refractivity contribution in [3.05, 3.63) is 18.0 Å². The van der Waals surface area contributed by atoms with Crippen LogP contribution in [-0.2, 0) is 18.3 Å². The molecule has 7 heteroatoms. The zero-order valence-corrected chi connectivity index (χ0v) is 11.4. The molecule has 0 bridgehead atoms. The fourth-order valence-electron chi connectivity index (χ4n) is 1.61. The van der Waals surface area contributed by atoms with Crippen LogP contribution in [0.15, 0.2) is 12.3 Å². The lowest BCUT2D eigenvalue weighted by Gasteiger charge is -2.18. The van der Waals surface area contributed by atoms with E-state index >= 15 is 0 Å². The molecule has 0 fully saturated rings. The summed E-state index contributed by atoms with van der Waals surface area (Å²) >= 11 is 0.